The number of aliphatic imine (C=N–C) groups is 1. The molecule has 0 aliphatic carbocycles. The molecule has 0 aromatic carbocycles. The summed E-state index contributed by atoms with van der Waals surface area (Å²) in [7, 11) is 1.83. The van der Waals surface area contributed by atoms with Crippen LogP contribution in [0.25, 0.3) is 0 Å². The second-order valence-electron chi connectivity index (χ2n) is 2.31. The molecule has 0 amide bonds. The summed E-state index contributed by atoms with van der Waals surface area (Å²) in [4.78, 5) is 6.44. The van der Waals surface area contributed by atoms with Crippen LogP contribution in [0.2, 0.25) is 0 Å². The van der Waals surface area contributed by atoms with Gasteiger partial charge in [-0.1, -0.05) is 11.8 Å². The van der Waals surface area contributed by atoms with Crippen molar-refractivity contribution < 1.29 is 4.74 Å². The lowest BCUT2D eigenvalue weighted by Crippen LogP contribution is -2.39. The van der Waals surface area contributed by atoms with E-state index in [-0.39, 0.29) is 0 Å². The van der Waals surface area contributed by atoms with Gasteiger partial charge in [-0.2, -0.15) is 0 Å². The predicted molar refractivity (Wildman–Crippen MR) is 49.3 cm³/mol. The molecule has 0 unspecified atom stereocenters. The standard InChI is InChI=1S/C7H14N2OS/c1-8-7(11-2)9-3-5-10-6-4-9/h3-6H2,1-2H3. The monoisotopic (exact) mass is 174 g/mol. The molecular formula is C7H14N2OS. The Kier molecular flexibility index (Phi) is 3.72. The third-order valence-electron chi connectivity index (χ3n) is 1.66. The molecule has 0 saturated carbocycles. The van der Waals surface area contributed by atoms with Gasteiger partial charge in [-0.15, -0.1) is 0 Å². The second-order valence-corrected chi connectivity index (χ2v) is 3.08. The predicted octanol–water partition coefficient (Wildman–Crippen LogP) is 0.667. The SMILES string of the molecule is CN=C(SC)N1CCOCC1. The highest BCUT2D eigenvalue weighted by atomic mass is 32.2. The fraction of sp³-hybridized carbons (Fsp3) is 0.857. The number of hydrogen-bond donors (Lipinski definition) is 0. The second kappa shape index (κ2) is 4.62. The maximum absolute atomic E-state index is 5.23. The third kappa shape index (κ3) is 2.38. The van der Waals surface area contributed by atoms with Crippen LogP contribution in [-0.4, -0.2) is 49.7 Å². The summed E-state index contributed by atoms with van der Waals surface area (Å²) in [5, 5.41) is 1.12. The first-order valence-electron chi connectivity index (χ1n) is 3.72. The summed E-state index contributed by atoms with van der Waals surface area (Å²) in [6.45, 7) is 3.63. The van der Waals surface area contributed by atoms with Crippen LogP contribution in [0.5, 0.6) is 0 Å². The van der Waals surface area contributed by atoms with Gasteiger partial charge in [0.05, 0.1) is 13.2 Å². The Balaban J connectivity index is 2.43. The highest BCUT2D eigenvalue weighted by Crippen LogP contribution is 2.06. The lowest BCUT2D eigenvalue weighted by Gasteiger charge is -2.28. The number of thioether (sulfide) groups is 1. The number of morpholine rings is 1. The summed E-state index contributed by atoms with van der Waals surface area (Å²) >= 11 is 1.70. The minimum Gasteiger partial charge on any atom is -0.378 e. The van der Waals surface area contributed by atoms with Gasteiger partial charge >= 0.3 is 0 Å². The zero-order chi connectivity index (χ0) is 8.10. The Morgan fingerprint density at radius 3 is 2.55 bits per heavy atom. The molecule has 0 N–H and O–H groups in total. The van der Waals surface area contributed by atoms with Gasteiger partial charge in [0, 0.05) is 20.1 Å². The van der Waals surface area contributed by atoms with E-state index < -0.39 is 0 Å². The molecule has 3 nitrogen and oxygen atoms in total. The molecular weight excluding hydrogens is 160 g/mol. The quantitative estimate of drug-likeness (QED) is 0.398. The van der Waals surface area contributed by atoms with Crippen molar-refractivity contribution in [2.45, 2.75) is 0 Å². The third-order valence-corrected chi connectivity index (χ3v) is 2.46. The Hall–Kier alpha value is -0.220. The number of nitrogens with zero attached hydrogens (tertiary/aromatic N) is 2. The number of amidine groups is 1. The van der Waals surface area contributed by atoms with Crippen molar-refractivity contribution in [2.75, 3.05) is 39.6 Å². The van der Waals surface area contributed by atoms with E-state index in [2.05, 4.69) is 16.1 Å². The van der Waals surface area contributed by atoms with Crippen LogP contribution >= 0.6 is 11.8 Å². The van der Waals surface area contributed by atoms with Gasteiger partial charge in [-0.25, -0.2) is 0 Å². The Labute approximate surface area is 71.8 Å². The summed E-state index contributed by atoms with van der Waals surface area (Å²) < 4.78 is 5.23. The molecule has 1 aliphatic rings. The largest absolute Gasteiger partial charge is 0.378 e. The lowest BCUT2D eigenvalue weighted by atomic mass is 10.5. The molecule has 0 atom stereocenters. The van der Waals surface area contributed by atoms with Crippen LogP contribution in [-0.2, 0) is 4.74 Å². The summed E-state index contributed by atoms with van der Waals surface area (Å²) in [6.07, 6.45) is 2.05. The molecule has 1 heterocycles. The molecule has 11 heavy (non-hydrogen) atoms. The fourth-order valence-corrected chi connectivity index (χ4v) is 1.74. The topological polar surface area (TPSA) is 24.8 Å². The first-order chi connectivity index (χ1) is 5.38. The van der Waals surface area contributed by atoms with Crippen molar-refractivity contribution in [3.8, 4) is 0 Å². The normalized spacial score (nSPS) is 20.5. The minimum absolute atomic E-state index is 0.833. The zero-order valence-electron chi connectivity index (χ0n) is 7.04. The molecule has 1 saturated heterocycles. The van der Waals surface area contributed by atoms with E-state index in [4.69, 9.17) is 4.74 Å². The maximum Gasteiger partial charge on any atom is 0.158 e. The van der Waals surface area contributed by atoms with E-state index in [1.54, 1.807) is 11.8 Å². The van der Waals surface area contributed by atoms with E-state index >= 15 is 0 Å². The highest BCUT2D eigenvalue weighted by Gasteiger charge is 2.12. The Morgan fingerprint density at radius 1 is 1.45 bits per heavy atom. The molecule has 1 rings (SSSR count). The molecule has 0 aromatic heterocycles. The molecule has 1 fully saturated rings. The van der Waals surface area contributed by atoms with E-state index in [1.165, 1.54) is 0 Å². The van der Waals surface area contributed by atoms with Crippen molar-refractivity contribution in [1.29, 1.82) is 0 Å². The van der Waals surface area contributed by atoms with Crippen LogP contribution in [0.1, 0.15) is 0 Å². The molecule has 0 spiro atoms. The van der Waals surface area contributed by atoms with Crippen molar-refractivity contribution >= 4 is 16.9 Å². The summed E-state index contributed by atoms with van der Waals surface area (Å²) in [5.74, 6) is 0. The van der Waals surface area contributed by atoms with Crippen molar-refractivity contribution in [2.24, 2.45) is 4.99 Å². The molecule has 1 aliphatic heterocycles. The van der Waals surface area contributed by atoms with Crippen LogP contribution in [0.3, 0.4) is 0 Å². The van der Waals surface area contributed by atoms with Gasteiger partial charge in [-0.3, -0.25) is 4.99 Å². The van der Waals surface area contributed by atoms with E-state index in [9.17, 15) is 0 Å². The van der Waals surface area contributed by atoms with Crippen LogP contribution < -0.4 is 0 Å². The van der Waals surface area contributed by atoms with E-state index in [1.807, 2.05) is 7.05 Å². The van der Waals surface area contributed by atoms with Gasteiger partial charge in [0.15, 0.2) is 5.17 Å². The van der Waals surface area contributed by atoms with Crippen molar-refractivity contribution in [3.63, 3.8) is 0 Å². The molecule has 0 aromatic rings. The van der Waals surface area contributed by atoms with Crippen LogP contribution in [0.15, 0.2) is 4.99 Å². The van der Waals surface area contributed by atoms with Crippen LogP contribution in [0.4, 0.5) is 0 Å². The first kappa shape index (κ1) is 8.87. The average molecular weight is 174 g/mol. The van der Waals surface area contributed by atoms with Gasteiger partial charge in [0.2, 0.25) is 0 Å². The molecule has 0 bridgehead atoms. The first-order valence-corrected chi connectivity index (χ1v) is 4.94. The highest BCUT2D eigenvalue weighted by molar-refractivity contribution is 8.13. The maximum atomic E-state index is 5.23. The van der Waals surface area contributed by atoms with Gasteiger partial charge < -0.3 is 9.64 Å². The Bertz CT molecular complexity index is 143. The number of hydrogen-bond acceptors (Lipinski definition) is 3. The van der Waals surface area contributed by atoms with Crippen molar-refractivity contribution in [1.82, 2.24) is 4.90 Å². The molecule has 64 valence electrons. The van der Waals surface area contributed by atoms with E-state index in [0.717, 1.165) is 31.5 Å². The van der Waals surface area contributed by atoms with Gasteiger partial charge in [0.25, 0.3) is 0 Å². The van der Waals surface area contributed by atoms with Crippen LogP contribution in [0, 0.1) is 0 Å². The number of rotatable bonds is 0. The van der Waals surface area contributed by atoms with Gasteiger partial charge in [-0.05, 0) is 6.26 Å². The van der Waals surface area contributed by atoms with Crippen molar-refractivity contribution in [3.05, 3.63) is 0 Å². The minimum atomic E-state index is 0.833. The zero-order valence-corrected chi connectivity index (χ0v) is 7.86. The van der Waals surface area contributed by atoms with Gasteiger partial charge in [0.1, 0.15) is 0 Å². The summed E-state index contributed by atoms with van der Waals surface area (Å²) in [6, 6.07) is 0. The number of ether oxygens (including phenoxy) is 1. The lowest BCUT2D eigenvalue weighted by molar-refractivity contribution is 0.0693. The van der Waals surface area contributed by atoms with E-state index in [0.29, 0.717) is 0 Å². The smallest absolute Gasteiger partial charge is 0.158 e. The fourth-order valence-electron chi connectivity index (χ4n) is 1.12. The molecule has 4 heteroatoms. The summed E-state index contributed by atoms with van der Waals surface area (Å²) in [5.41, 5.74) is 0. The average Bonchev–Trinajstić information content (AvgIpc) is 2.09. The molecule has 0 radical (unpaired) electrons. The Morgan fingerprint density at radius 2 is 2.09 bits per heavy atom.